The lowest BCUT2D eigenvalue weighted by molar-refractivity contribution is -0.114. The molecule has 0 fully saturated rings. The molecule has 1 amide bonds. The summed E-state index contributed by atoms with van der Waals surface area (Å²) >= 11 is 5.78. The molecule has 1 aromatic heterocycles. The van der Waals surface area contributed by atoms with Crippen molar-refractivity contribution in [3.05, 3.63) is 46.8 Å². The molecule has 0 saturated carbocycles. The van der Waals surface area contributed by atoms with Crippen molar-refractivity contribution in [2.24, 2.45) is 11.0 Å². The highest BCUT2D eigenvalue weighted by molar-refractivity contribution is 6.33. The Morgan fingerprint density at radius 2 is 1.81 bits per heavy atom. The van der Waals surface area contributed by atoms with Gasteiger partial charge in [-0.25, -0.2) is 4.98 Å². The molecule has 3 N–H and O–H groups in total. The Morgan fingerprint density at radius 1 is 1.12 bits per heavy atom. The molecular weight excluding hydrogens is 358 g/mol. The minimum Gasteiger partial charge on any atom is -0.507 e. The molecule has 26 heavy (non-hydrogen) atoms. The Bertz CT molecular complexity index is 936. The Kier molecular flexibility index (Phi) is 4.56. The molecule has 3 rings (SSSR count). The minimum atomic E-state index is -0.450. The fraction of sp³-hybridized carbons (Fsp3) is 0.167. The van der Waals surface area contributed by atoms with Crippen molar-refractivity contribution < 1.29 is 20.1 Å². The fourth-order valence-corrected chi connectivity index (χ4v) is 2.63. The van der Waals surface area contributed by atoms with Crippen LogP contribution in [-0.2, 0) is 4.79 Å². The van der Waals surface area contributed by atoms with E-state index in [2.05, 4.69) is 10.1 Å². The van der Waals surface area contributed by atoms with E-state index in [1.807, 2.05) is 13.8 Å². The second kappa shape index (κ2) is 6.68. The van der Waals surface area contributed by atoms with E-state index in [4.69, 9.17) is 11.6 Å². The largest absolute Gasteiger partial charge is 0.507 e. The van der Waals surface area contributed by atoms with E-state index in [1.54, 1.807) is 12.1 Å². The summed E-state index contributed by atoms with van der Waals surface area (Å²) in [4.78, 5) is 16.8. The number of amides is 1. The molecular formula is C18H16ClN3O4. The van der Waals surface area contributed by atoms with Crippen LogP contribution in [0.4, 0.5) is 5.69 Å². The van der Waals surface area contributed by atoms with Crippen LogP contribution < -0.4 is 5.01 Å². The number of anilines is 1. The number of phenols is 3. The molecule has 1 aliphatic heterocycles. The van der Waals surface area contributed by atoms with Gasteiger partial charge in [0.2, 0.25) is 0 Å². The smallest absolute Gasteiger partial charge is 0.280 e. The second-order valence-electron chi connectivity index (χ2n) is 6.05. The Balaban J connectivity index is 2.07. The van der Waals surface area contributed by atoms with Gasteiger partial charge in [0.1, 0.15) is 10.9 Å². The second-order valence-corrected chi connectivity index (χ2v) is 6.44. The van der Waals surface area contributed by atoms with E-state index in [1.165, 1.54) is 23.3 Å². The first kappa shape index (κ1) is 17.8. The highest BCUT2D eigenvalue weighted by atomic mass is 35.5. The molecule has 7 nitrogen and oxygen atoms in total. The summed E-state index contributed by atoms with van der Waals surface area (Å²) in [5.41, 5.74) is 1.44. The van der Waals surface area contributed by atoms with Gasteiger partial charge in [-0.2, -0.15) is 10.1 Å². The van der Waals surface area contributed by atoms with Crippen molar-refractivity contribution in [1.82, 2.24) is 4.98 Å². The molecule has 0 saturated heterocycles. The van der Waals surface area contributed by atoms with Gasteiger partial charge in [0, 0.05) is 11.6 Å². The summed E-state index contributed by atoms with van der Waals surface area (Å²) < 4.78 is 0. The third-order valence-corrected chi connectivity index (χ3v) is 4.06. The van der Waals surface area contributed by atoms with E-state index in [0.717, 1.165) is 6.07 Å². The molecule has 0 unspecified atom stereocenters. The Morgan fingerprint density at radius 3 is 2.42 bits per heavy atom. The van der Waals surface area contributed by atoms with Crippen LogP contribution in [0.15, 0.2) is 41.1 Å². The number of aromatic hydroxyl groups is 3. The average molecular weight is 374 g/mol. The van der Waals surface area contributed by atoms with Crippen LogP contribution in [-0.4, -0.2) is 31.9 Å². The van der Waals surface area contributed by atoms with E-state index >= 15 is 0 Å². The van der Waals surface area contributed by atoms with Crippen molar-refractivity contribution in [3.63, 3.8) is 0 Å². The van der Waals surface area contributed by atoms with Crippen molar-refractivity contribution in [2.45, 2.75) is 13.8 Å². The van der Waals surface area contributed by atoms with Gasteiger partial charge < -0.3 is 15.3 Å². The third kappa shape index (κ3) is 3.21. The number of phenolic OH excluding ortho intramolecular Hbond substituents is 3. The predicted octanol–water partition coefficient (Wildman–Crippen LogP) is 3.29. The first-order valence-corrected chi connectivity index (χ1v) is 8.17. The van der Waals surface area contributed by atoms with Gasteiger partial charge in [0.25, 0.3) is 5.91 Å². The highest BCUT2D eigenvalue weighted by Crippen LogP contribution is 2.35. The van der Waals surface area contributed by atoms with Crippen molar-refractivity contribution in [1.29, 1.82) is 0 Å². The normalized spacial score (nSPS) is 15.8. The lowest BCUT2D eigenvalue weighted by Gasteiger charge is -2.11. The van der Waals surface area contributed by atoms with Crippen LogP contribution in [0.25, 0.3) is 6.08 Å². The SMILES string of the molecule is CC(C)C1=NN(c2ccc(Cl)nc2)C(=O)/C1=C/c1cc(O)c(O)cc1O. The van der Waals surface area contributed by atoms with Crippen LogP contribution in [0.2, 0.25) is 5.15 Å². The molecule has 1 aromatic carbocycles. The molecule has 0 bridgehead atoms. The maximum absolute atomic E-state index is 12.9. The third-order valence-electron chi connectivity index (χ3n) is 3.83. The first-order valence-electron chi connectivity index (χ1n) is 7.79. The van der Waals surface area contributed by atoms with E-state index in [0.29, 0.717) is 16.6 Å². The summed E-state index contributed by atoms with van der Waals surface area (Å²) in [6, 6.07) is 5.37. The molecule has 0 radical (unpaired) electrons. The van der Waals surface area contributed by atoms with Crippen LogP contribution >= 0.6 is 11.6 Å². The number of hydrogen-bond donors (Lipinski definition) is 3. The molecule has 0 aliphatic carbocycles. The molecule has 8 heteroatoms. The molecule has 0 spiro atoms. The van der Waals surface area contributed by atoms with Crippen molar-refractivity contribution >= 4 is 35.0 Å². The zero-order chi connectivity index (χ0) is 19.0. The molecule has 2 heterocycles. The Labute approximate surface area is 154 Å². The van der Waals surface area contributed by atoms with Gasteiger partial charge in [-0.15, -0.1) is 0 Å². The molecule has 134 valence electrons. The van der Waals surface area contributed by atoms with Gasteiger partial charge in [-0.1, -0.05) is 25.4 Å². The Hall–Kier alpha value is -3.06. The van der Waals surface area contributed by atoms with Crippen LogP contribution in [0.3, 0.4) is 0 Å². The molecule has 0 atom stereocenters. The lowest BCUT2D eigenvalue weighted by atomic mass is 9.98. The van der Waals surface area contributed by atoms with Gasteiger partial charge in [-0.3, -0.25) is 4.79 Å². The zero-order valence-electron chi connectivity index (χ0n) is 14.0. The number of nitrogens with zero attached hydrogens (tertiary/aromatic N) is 3. The number of halogens is 1. The van der Waals surface area contributed by atoms with E-state index < -0.39 is 17.4 Å². The summed E-state index contributed by atoms with van der Waals surface area (Å²) in [6.45, 7) is 3.77. The number of benzene rings is 1. The zero-order valence-corrected chi connectivity index (χ0v) is 14.8. The summed E-state index contributed by atoms with van der Waals surface area (Å²) in [5, 5.41) is 35.0. The van der Waals surface area contributed by atoms with Crippen molar-refractivity contribution in [2.75, 3.05) is 5.01 Å². The van der Waals surface area contributed by atoms with Crippen LogP contribution in [0.1, 0.15) is 19.4 Å². The summed E-state index contributed by atoms with van der Waals surface area (Å²) in [5.74, 6) is -1.58. The number of pyridine rings is 1. The molecule has 2 aromatic rings. The maximum Gasteiger partial charge on any atom is 0.280 e. The number of carbonyl (C=O) groups is 1. The maximum atomic E-state index is 12.9. The first-order chi connectivity index (χ1) is 12.3. The average Bonchev–Trinajstić information content (AvgIpc) is 2.90. The monoisotopic (exact) mass is 373 g/mol. The minimum absolute atomic E-state index is 0.0664. The predicted molar refractivity (Wildman–Crippen MR) is 98.4 cm³/mol. The van der Waals surface area contributed by atoms with E-state index in [9.17, 15) is 20.1 Å². The van der Waals surface area contributed by atoms with Crippen LogP contribution in [0, 0.1) is 5.92 Å². The highest BCUT2D eigenvalue weighted by Gasteiger charge is 2.33. The van der Waals surface area contributed by atoms with Gasteiger partial charge >= 0.3 is 0 Å². The number of hydrazone groups is 1. The van der Waals surface area contributed by atoms with Gasteiger partial charge in [0.15, 0.2) is 11.5 Å². The lowest BCUT2D eigenvalue weighted by Crippen LogP contribution is -2.21. The topological polar surface area (TPSA) is 106 Å². The number of rotatable bonds is 3. The number of hydrogen-bond acceptors (Lipinski definition) is 6. The van der Waals surface area contributed by atoms with E-state index in [-0.39, 0.29) is 22.8 Å². The van der Waals surface area contributed by atoms with Gasteiger partial charge in [0.05, 0.1) is 23.2 Å². The number of carbonyl (C=O) groups excluding carboxylic acids is 1. The quantitative estimate of drug-likeness (QED) is 0.331. The summed E-state index contributed by atoms with van der Waals surface area (Å²) in [7, 11) is 0. The fourth-order valence-electron chi connectivity index (χ4n) is 2.51. The van der Waals surface area contributed by atoms with Crippen LogP contribution in [0.5, 0.6) is 17.2 Å². The molecule has 1 aliphatic rings. The standard InChI is InChI=1S/C18H16ClN3O4/c1-9(2)17-12(5-10-6-14(24)15(25)7-13(10)23)18(26)22(21-17)11-3-4-16(19)20-8-11/h3-9,23-25H,1-2H3/b12-5+. The van der Waals surface area contributed by atoms with Crippen molar-refractivity contribution in [3.8, 4) is 17.2 Å². The van der Waals surface area contributed by atoms with Gasteiger partial charge in [-0.05, 0) is 30.2 Å². The summed E-state index contributed by atoms with van der Waals surface area (Å²) in [6.07, 6.45) is 2.87. The number of aromatic nitrogens is 1.